The molecule has 0 bridgehead atoms. The zero-order valence-corrected chi connectivity index (χ0v) is 17.3. The van der Waals surface area contributed by atoms with Crippen LogP contribution in [0.25, 0.3) is 0 Å². The molecule has 0 radical (unpaired) electrons. The number of aromatic amines is 1. The van der Waals surface area contributed by atoms with E-state index in [4.69, 9.17) is 4.98 Å². The second-order valence-corrected chi connectivity index (χ2v) is 10.5. The van der Waals surface area contributed by atoms with E-state index in [1.54, 1.807) is 0 Å². The maximum Gasteiger partial charge on any atom is 0.254 e. The smallest absolute Gasteiger partial charge is 0.254 e. The normalized spacial score (nSPS) is 22.7. The molecule has 5 heteroatoms. The van der Waals surface area contributed by atoms with Gasteiger partial charge in [-0.3, -0.25) is 9.59 Å². The van der Waals surface area contributed by atoms with E-state index in [0.717, 1.165) is 62.3 Å². The summed E-state index contributed by atoms with van der Waals surface area (Å²) in [6.45, 7) is 10.1. The third kappa shape index (κ3) is 3.45. The summed E-state index contributed by atoms with van der Waals surface area (Å²) in [6.07, 6.45) is 7.94. The molecule has 1 spiro atoms. The van der Waals surface area contributed by atoms with Crippen molar-refractivity contribution < 1.29 is 4.79 Å². The molecule has 0 unspecified atom stereocenters. The molecule has 2 aliphatic carbocycles. The monoisotopic (exact) mass is 371 g/mol. The summed E-state index contributed by atoms with van der Waals surface area (Å²) in [4.78, 5) is 35.2. The van der Waals surface area contributed by atoms with Crippen LogP contribution >= 0.6 is 0 Å². The Bertz CT molecular complexity index is 806. The Labute approximate surface area is 162 Å². The fourth-order valence-electron chi connectivity index (χ4n) is 4.71. The molecule has 0 atom stereocenters. The first-order chi connectivity index (χ1) is 12.6. The van der Waals surface area contributed by atoms with Gasteiger partial charge in [0.15, 0.2) is 0 Å². The molecule has 148 valence electrons. The first-order valence-corrected chi connectivity index (χ1v) is 10.5. The van der Waals surface area contributed by atoms with Crippen molar-refractivity contribution in [2.24, 2.45) is 5.41 Å². The number of amides is 1. The summed E-state index contributed by atoms with van der Waals surface area (Å²) < 4.78 is 0. The van der Waals surface area contributed by atoms with Crippen LogP contribution in [0.1, 0.15) is 89.7 Å². The molecular weight excluding hydrogens is 338 g/mol. The van der Waals surface area contributed by atoms with Gasteiger partial charge in [-0.1, -0.05) is 27.7 Å². The van der Waals surface area contributed by atoms with Crippen LogP contribution < -0.4 is 5.56 Å². The van der Waals surface area contributed by atoms with Crippen LogP contribution in [0, 0.1) is 5.41 Å². The lowest BCUT2D eigenvalue weighted by molar-refractivity contribution is -0.133. The SMILES string of the molecule is CC1(CCC(=O)N2CCC3(CCc4c3nc(C(C)(C)C)[nH]c4=O)CC2)CC1. The average Bonchev–Trinajstić information content (AvgIpc) is 3.25. The van der Waals surface area contributed by atoms with E-state index in [9.17, 15) is 9.59 Å². The molecule has 5 nitrogen and oxygen atoms in total. The topological polar surface area (TPSA) is 66.1 Å². The number of hydrogen-bond acceptors (Lipinski definition) is 3. The van der Waals surface area contributed by atoms with E-state index in [0.29, 0.717) is 17.7 Å². The quantitative estimate of drug-likeness (QED) is 0.885. The van der Waals surface area contributed by atoms with Gasteiger partial charge in [-0.15, -0.1) is 0 Å². The highest BCUT2D eigenvalue weighted by molar-refractivity contribution is 5.76. The molecule has 1 aromatic rings. The first kappa shape index (κ1) is 18.7. The van der Waals surface area contributed by atoms with E-state index in [1.165, 1.54) is 12.8 Å². The number of H-pyrrole nitrogens is 1. The molecule has 1 saturated heterocycles. The molecule has 2 fully saturated rings. The molecule has 1 amide bonds. The number of piperidine rings is 1. The summed E-state index contributed by atoms with van der Waals surface area (Å²) >= 11 is 0. The number of nitrogens with zero attached hydrogens (tertiary/aromatic N) is 2. The van der Waals surface area contributed by atoms with Crippen molar-refractivity contribution in [3.63, 3.8) is 0 Å². The van der Waals surface area contributed by atoms with Gasteiger partial charge in [0.05, 0.1) is 5.69 Å². The van der Waals surface area contributed by atoms with Crippen molar-refractivity contribution in [3.05, 3.63) is 27.4 Å². The number of carbonyl (C=O) groups is 1. The van der Waals surface area contributed by atoms with Crippen molar-refractivity contribution in [2.75, 3.05) is 13.1 Å². The number of fused-ring (bicyclic) bond motifs is 2. The molecule has 27 heavy (non-hydrogen) atoms. The van der Waals surface area contributed by atoms with Crippen molar-refractivity contribution in [3.8, 4) is 0 Å². The fourth-order valence-corrected chi connectivity index (χ4v) is 4.71. The summed E-state index contributed by atoms with van der Waals surface area (Å²) in [7, 11) is 0. The molecular formula is C22H33N3O2. The lowest BCUT2D eigenvalue weighted by Gasteiger charge is -2.39. The minimum absolute atomic E-state index is 0.0111. The second kappa shape index (κ2) is 6.18. The highest BCUT2D eigenvalue weighted by Crippen LogP contribution is 2.49. The number of hydrogen-bond donors (Lipinski definition) is 1. The van der Waals surface area contributed by atoms with E-state index in [2.05, 4.69) is 32.7 Å². The zero-order valence-electron chi connectivity index (χ0n) is 17.3. The van der Waals surface area contributed by atoms with E-state index >= 15 is 0 Å². The average molecular weight is 372 g/mol. The van der Waals surface area contributed by atoms with Crippen LogP contribution in [-0.2, 0) is 22.0 Å². The number of nitrogens with one attached hydrogen (secondary N) is 1. The summed E-state index contributed by atoms with van der Waals surface area (Å²) in [6, 6.07) is 0. The third-order valence-electron chi connectivity index (χ3n) is 7.20. The Morgan fingerprint density at radius 1 is 1.15 bits per heavy atom. The Hall–Kier alpha value is -1.65. The molecule has 1 aromatic heterocycles. The van der Waals surface area contributed by atoms with Gasteiger partial charge in [0.1, 0.15) is 5.82 Å². The van der Waals surface area contributed by atoms with E-state index < -0.39 is 0 Å². The fraction of sp³-hybridized carbons (Fsp3) is 0.773. The highest BCUT2D eigenvalue weighted by Gasteiger charge is 2.45. The van der Waals surface area contributed by atoms with Gasteiger partial charge in [0.2, 0.25) is 5.91 Å². The van der Waals surface area contributed by atoms with Crippen molar-refractivity contribution in [2.45, 2.75) is 89.9 Å². The number of aromatic nitrogens is 2. The van der Waals surface area contributed by atoms with Crippen LogP contribution in [0.5, 0.6) is 0 Å². The van der Waals surface area contributed by atoms with Crippen molar-refractivity contribution in [1.82, 2.24) is 14.9 Å². The van der Waals surface area contributed by atoms with Crippen LogP contribution in [0.15, 0.2) is 4.79 Å². The Morgan fingerprint density at radius 3 is 2.41 bits per heavy atom. The van der Waals surface area contributed by atoms with Gasteiger partial charge in [-0.2, -0.15) is 0 Å². The lowest BCUT2D eigenvalue weighted by atomic mass is 9.76. The van der Waals surface area contributed by atoms with Crippen LogP contribution in [0.4, 0.5) is 0 Å². The molecule has 0 aromatic carbocycles. The minimum Gasteiger partial charge on any atom is -0.343 e. The maximum atomic E-state index is 12.6. The predicted molar refractivity (Wildman–Crippen MR) is 106 cm³/mol. The molecule has 2 heterocycles. The molecule has 1 saturated carbocycles. The Kier molecular flexibility index (Phi) is 4.28. The molecule has 1 N–H and O–H groups in total. The third-order valence-corrected chi connectivity index (χ3v) is 7.20. The van der Waals surface area contributed by atoms with Crippen LogP contribution in [0.3, 0.4) is 0 Å². The first-order valence-electron chi connectivity index (χ1n) is 10.5. The Morgan fingerprint density at radius 2 is 1.81 bits per heavy atom. The maximum absolute atomic E-state index is 12.6. The number of carbonyl (C=O) groups excluding carboxylic acids is 1. The van der Waals surface area contributed by atoms with Gasteiger partial charge < -0.3 is 9.88 Å². The van der Waals surface area contributed by atoms with E-state index in [-0.39, 0.29) is 16.4 Å². The Balaban J connectivity index is 1.49. The largest absolute Gasteiger partial charge is 0.343 e. The van der Waals surface area contributed by atoms with Gasteiger partial charge in [-0.25, -0.2) is 4.98 Å². The van der Waals surface area contributed by atoms with E-state index in [1.807, 2.05) is 4.90 Å². The summed E-state index contributed by atoms with van der Waals surface area (Å²) in [5.74, 6) is 1.09. The van der Waals surface area contributed by atoms with Gasteiger partial charge in [-0.05, 0) is 50.4 Å². The lowest BCUT2D eigenvalue weighted by Crippen LogP contribution is -2.45. The molecule has 4 rings (SSSR count). The van der Waals surface area contributed by atoms with Crippen molar-refractivity contribution >= 4 is 5.91 Å². The van der Waals surface area contributed by atoms with Gasteiger partial charge >= 0.3 is 0 Å². The summed E-state index contributed by atoms with van der Waals surface area (Å²) in [5, 5.41) is 0. The van der Waals surface area contributed by atoms with Crippen molar-refractivity contribution in [1.29, 1.82) is 0 Å². The predicted octanol–water partition coefficient (Wildman–Crippen LogP) is 3.45. The standard InChI is InChI=1S/C22H33N3O2/c1-20(2,3)19-23-17-15(18(27)24-19)5-8-22(17)11-13-25(14-12-22)16(26)6-7-21(4)9-10-21/h5-14H2,1-4H3,(H,23,24,27). The number of likely N-dealkylation sites (tertiary alicyclic amines) is 1. The summed E-state index contributed by atoms with van der Waals surface area (Å²) in [5.41, 5.74) is 2.19. The molecule has 1 aliphatic heterocycles. The molecule has 3 aliphatic rings. The van der Waals surface area contributed by atoms with Crippen LogP contribution in [-0.4, -0.2) is 33.9 Å². The zero-order chi connectivity index (χ0) is 19.4. The highest BCUT2D eigenvalue weighted by atomic mass is 16.2. The minimum atomic E-state index is -0.173. The van der Waals surface area contributed by atoms with Gasteiger partial charge in [0, 0.05) is 35.9 Å². The van der Waals surface area contributed by atoms with Crippen LogP contribution in [0.2, 0.25) is 0 Å². The van der Waals surface area contributed by atoms with Gasteiger partial charge in [0.25, 0.3) is 5.56 Å². The number of rotatable bonds is 3. The second-order valence-electron chi connectivity index (χ2n) is 10.5.